The molecule has 6 nitrogen and oxygen atoms in total. The molecule has 0 fully saturated rings. The molecule has 26 heavy (non-hydrogen) atoms. The number of rotatable bonds is 7. The molecule has 0 amide bonds. The summed E-state index contributed by atoms with van der Waals surface area (Å²) in [5.74, 6) is 1.51. The van der Waals surface area contributed by atoms with Crippen molar-refractivity contribution in [1.82, 2.24) is 20.8 Å². The van der Waals surface area contributed by atoms with E-state index in [4.69, 9.17) is 4.52 Å². The summed E-state index contributed by atoms with van der Waals surface area (Å²) in [6, 6.07) is 17.8. The van der Waals surface area contributed by atoms with E-state index >= 15 is 0 Å². The van der Waals surface area contributed by atoms with Gasteiger partial charge in [-0.15, -0.1) is 0 Å². The summed E-state index contributed by atoms with van der Waals surface area (Å²) in [5.41, 5.74) is 2.86. The quantitative estimate of drug-likeness (QED) is 0.506. The number of benzene rings is 1. The molecule has 0 aliphatic heterocycles. The average Bonchev–Trinajstić information content (AvgIpc) is 3.17. The van der Waals surface area contributed by atoms with E-state index in [0.717, 1.165) is 48.2 Å². The van der Waals surface area contributed by atoms with Crippen molar-refractivity contribution in [2.45, 2.75) is 19.9 Å². The van der Waals surface area contributed by atoms with Gasteiger partial charge in [0.25, 0.3) is 0 Å². The van der Waals surface area contributed by atoms with Crippen LogP contribution >= 0.6 is 0 Å². The molecule has 3 aromatic rings. The van der Waals surface area contributed by atoms with Crippen molar-refractivity contribution in [3.8, 4) is 11.3 Å². The predicted molar refractivity (Wildman–Crippen MR) is 103 cm³/mol. The summed E-state index contributed by atoms with van der Waals surface area (Å²) in [7, 11) is 0. The number of nitrogens with zero attached hydrogens (tertiary/aromatic N) is 3. The van der Waals surface area contributed by atoms with E-state index in [-0.39, 0.29) is 0 Å². The third-order valence-electron chi connectivity index (χ3n) is 3.76. The van der Waals surface area contributed by atoms with Gasteiger partial charge in [0.1, 0.15) is 5.69 Å². The Balaban J connectivity index is 1.56. The maximum atomic E-state index is 5.41. The highest BCUT2D eigenvalue weighted by atomic mass is 16.5. The van der Waals surface area contributed by atoms with E-state index in [2.05, 4.69) is 25.8 Å². The van der Waals surface area contributed by atoms with Crippen molar-refractivity contribution in [2.75, 3.05) is 13.1 Å². The van der Waals surface area contributed by atoms with E-state index in [1.165, 1.54) is 0 Å². The van der Waals surface area contributed by atoms with Crippen LogP contribution in [0.5, 0.6) is 0 Å². The van der Waals surface area contributed by atoms with Crippen LogP contribution in [-0.4, -0.2) is 29.2 Å². The van der Waals surface area contributed by atoms with Gasteiger partial charge in [-0.25, -0.2) is 4.99 Å². The lowest BCUT2D eigenvalue weighted by atomic mass is 10.2. The van der Waals surface area contributed by atoms with E-state index in [1.807, 2.05) is 67.7 Å². The molecule has 2 N–H and O–H groups in total. The molecule has 3 rings (SSSR count). The number of aromatic nitrogens is 2. The standard InChI is InChI=1S/C20H23N5O/c1-2-21-20(23-13-11-17-10-6-7-12-22-17)24-15-18-14-19(26-25-18)16-8-4-3-5-9-16/h3-10,12,14H,2,11,13,15H2,1H3,(H2,21,23,24). The largest absolute Gasteiger partial charge is 0.357 e. The van der Waals surface area contributed by atoms with Gasteiger partial charge >= 0.3 is 0 Å². The predicted octanol–water partition coefficient (Wildman–Crippen LogP) is 3.03. The summed E-state index contributed by atoms with van der Waals surface area (Å²) < 4.78 is 5.41. The number of pyridine rings is 1. The minimum atomic E-state index is 0.454. The van der Waals surface area contributed by atoms with Crippen LogP contribution in [-0.2, 0) is 13.0 Å². The van der Waals surface area contributed by atoms with Crippen molar-refractivity contribution in [2.24, 2.45) is 4.99 Å². The molecule has 0 saturated carbocycles. The van der Waals surface area contributed by atoms with Gasteiger partial charge in [-0.3, -0.25) is 4.98 Å². The Morgan fingerprint density at radius 3 is 2.65 bits per heavy atom. The van der Waals surface area contributed by atoms with Crippen molar-refractivity contribution < 1.29 is 4.52 Å². The molecule has 1 aromatic carbocycles. The van der Waals surface area contributed by atoms with E-state index < -0.39 is 0 Å². The molecule has 134 valence electrons. The first-order valence-electron chi connectivity index (χ1n) is 8.78. The second kappa shape index (κ2) is 9.36. The van der Waals surface area contributed by atoms with Crippen molar-refractivity contribution in [3.05, 3.63) is 72.2 Å². The lowest BCUT2D eigenvalue weighted by molar-refractivity contribution is 0.424. The second-order valence-corrected chi connectivity index (χ2v) is 5.74. The van der Waals surface area contributed by atoms with Crippen LogP contribution in [0.25, 0.3) is 11.3 Å². The topological polar surface area (TPSA) is 75.3 Å². The minimum Gasteiger partial charge on any atom is -0.357 e. The molecule has 0 aliphatic rings. The molecular weight excluding hydrogens is 326 g/mol. The summed E-state index contributed by atoms with van der Waals surface area (Å²) in [6.07, 6.45) is 2.65. The highest BCUT2D eigenvalue weighted by molar-refractivity contribution is 5.79. The van der Waals surface area contributed by atoms with E-state index in [1.54, 1.807) is 0 Å². The van der Waals surface area contributed by atoms with Gasteiger partial charge in [0.15, 0.2) is 11.7 Å². The van der Waals surface area contributed by atoms with Crippen LogP contribution in [0.2, 0.25) is 0 Å². The fraction of sp³-hybridized carbons (Fsp3) is 0.250. The van der Waals surface area contributed by atoms with Crippen LogP contribution in [0.1, 0.15) is 18.3 Å². The van der Waals surface area contributed by atoms with E-state index in [0.29, 0.717) is 6.54 Å². The van der Waals surface area contributed by atoms with Crippen LogP contribution in [0.15, 0.2) is 70.3 Å². The fourth-order valence-electron chi connectivity index (χ4n) is 2.48. The van der Waals surface area contributed by atoms with Gasteiger partial charge in [0, 0.05) is 43.0 Å². The highest BCUT2D eigenvalue weighted by Gasteiger charge is 2.06. The molecule has 0 atom stereocenters. The number of aliphatic imine (C=N–C) groups is 1. The third kappa shape index (κ3) is 5.17. The first-order chi connectivity index (χ1) is 12.8. The van der Waals surface area contributed by atoms with Crippen LogP contribution < -0.4 is 10.6 Å². The maximum absolute atomic E-state index is 5.41. The summed E-state index contributed by atoms with van der Waals surface area (Å²) >= 11 is 0. The number of guanidine groups is 1. The normalized spacial score (nSPS) is 11.3. The molecule has 0 aliphatic carbocycles. The third-order valence-corrected chi connectivity index (χ3v) is 3.76. The number of nitrogens with one attached hydrogen (secondary N) is 2. The molecule has 0 radical (unpaired) electrons. The molecule has 2 heterocycles. The Bertz CT molecular complexity index is 814. The lowest BCUT2D eigenvalue weighted by Gasteiger charge is -2.10. The SMILES string of the molecule is CCNC(=NCc1cc(-c2ccccc2)on1)NCCc1ccccn1. The van der Waals surface area contributed by atoms with Crippen molar-refractivity contribution in [1.29, 1.82) is 0 Å². The van der Waals surface area contributed by atoms with Gasteiger partial charge < -0.3 is 15.2 Å². The Morgan fingerprint density at radius 1 is 1.04 bits per heavy atom. The minimum absolute atomic E-state index is 0.454. The van der Waals surface area contributed by atoms with Crippen LogP contribution in [0.4, 0.5) is 0 Å². The molecule has 2 aromatic heterocycles. The molecular formula is C20H23N5O. The molecule has 0 spiro atoms. The van der Waals surface area contributed by atoms with Gasteiger partial charge in [0.2, 0.25) is 0 Å². The molecule has 0 saturated heterocycles. The zero-order valence-electron chi connectivity index (χ0n) is 14.9. The first-order valence-corrected chi connectivity index (χ1v) is 8.78. The van der Waals surface area contributed by atoms with Crippen LogP contribution in [0, 0.1) is 0 Å². The Kier molecular flexibility index (Phi) is 6.36. The Labute approximate surface area is 153 Å². The van der Waals surface area contributed by atoms with Gasteiger partial charge in [-0.2, -0.15) is 0 Å². The number of hydrogen-bond acceptors (Lipinski definition) is 4. The van der Waals surface area contributed by atoms with Gasteiger partial charge in [-0.1, -0.05) is 41.6 Å². The number of hydrogen-bond donors (Lipinski definition) is 2. The summed E-state index contributed by atoms with van der Waals surface area (Å²) in [6.45, 7) is 4.05. The summed E-state index contributed by atoms with van der Waals surface area (Å²) in [5, 5.41) is 10.7. The Morgan fingerprint density at radius 2 is 1.88 bits per heavy atom. The van der Waals surface area contributed by atoms with Crippen molar-refractivity contribution >= 4 is 5.96 Å². The second-order valence-electron chi connectivity index (χ2n) is 5.74. The van der Waals surface area contributed by atoms with Gasteiger partial charge in [0.05, 0.1) is 6.54 Å². The lowest BCUT2D eigenvalue weighted by Crippen LogP contribution is -2.38. The molecule has 0 unspecified atom stereocenters. The zero-order chi connectivity index (χ0) is 18.0. The molecule has 6 heteroatoms. The van der Waals surface area contributed by atoms with Crippen molar-refractivity contribution in [3.63, 3.8) is 0 Å². The average molecular weight is 349 g/mol. The van der Waals surface area contributed by atoms with E-state index in [9.17, 15) is 0 Å². The highest BCUT2D eigenvalue weighted by Crippen LogP contribution is 2.19. The maximum Gasteiger partial charge on any atom is 0.191 e. The zero-order valence-corrected chi connectivity index (χ0v) is 14.9. The van der Waals surface area contributed by atoms with Crippen LogP contribution in [0.3, 0.4) is 0 Å². The summed E-state index contributed by atoms with van der Waals surface area (Å²) in [4.78, 5) is 8.90. The smallest absolute Gasteiger partial charge is 0.191 e. The Hall–Kier alpha value is -3.15. The van der Waals surface area contributed by atoms with Gasteiger partial charge in [-0.05, 0) is 19.1 Å². The fourth-order valence-corrected chi connectivity index (χ4v) is 2.48. The monoisotopic (exact) mass is 349 g/mol. The molecule has 0 bridgehead atoms. The first kappa shape index (κ1) is 17.7.